The number of benzene rings is 1. The van der Waals surface area contributed by atoms with Crippen LogP contribution in [0.3, 0.4) is 0 Å². The predicted octanol–water partition coefficient (Wildman–Crippen LogP) is 0.917. The van der Waals surface area contributed by atoms with Gasteiger partial charge in [-0.15, -0.1) is 0 Å². The molecule has 0 spiro atoms. The first-order valence-electron chi connectivity index (χ1n) is 5.86. The summed E-state index contributed by atoms with van der Waals surface area (Å²) < 4.78 is 37.0. The van der Waals surface area contributed by atoms with Crippen LogP contribution < -0.4 is 16.4 Å². The molecule has 0 saturated carbocycles. The lowest BCUT2D eigenvalue weighted by atomic mass is 10.1. The fourth-order valence-corrected chi connectivity index (χ4v) is 1.35. The van der Waals surface area contributed by atoms with E-state index in [0.717, 1.165) is 12.1 Å². The maximum absolute atomic E-state index is 12.3. The molecule has 116 valence electrons. The van der Waals surface area contributed by atoms with Crippen molar-refractivity contribution in [1.82, 2.24) is 10.6 Å². The quantitative estimate of drug-likeness (QED) is 0.649. The Balaban J connectivity index is 2.41. The maximum atomic E-state index is 12.3. The summed E-state index contributed by atoms with van der Waals surface area (Å²) in [7, 11) is 0. The molecule has 0 saturated heterocycles. The van der Waals surface area contributed by atoms with Gasteiger partial charge in [0.15, 0.2) is 0 Å². The zero-order valence-corrected chi connectivity index (χ0v) is 10.8. The number of carbonyl (C=O) groups excluding carboxylic acids is 1. The Morgan fingerprint density at radius 1 is 1.19 bits per heavy atom. The second-order valence-corrected chi connectivity index (χ2v) is 4.20. The molecule has 1 atom stereocenters. The largest absolute Gasteiger partial charge is 0.480 e. The summed E-state index contributed by atoms with van der Waals surface area (Å²) >= 11 is 0. The Morgan fingerprint density at radius 3 is 2.24 bits per heavy atom. The SMILES string of the molecule is N[C@@H](CNC(=O)NCc1ccc(C(F)(F)F)cc1)C(=O)O. The molecule has 0 unspecified atom stereocenters. The number of urea groups is 1. The molecular weight excluding hydrogens is 291 g/mol. The lowest BCUT2D eigenvalue weighted by Gasteiger charge is -2.11. The van der Waals surface area contributed by atoms with E-state index in [0.29, 0.717) is 5.56 Å². The zero-order chi connectivity index (χ0) is 16.0. The number of rotatable bonds is 5. The number of hydrogen-bond acceptors (Lipinski definition) is 3. The Morgan fingerprint density at radius 2 is 1.76 bits per heavy atom. The molecule has 1 rings (SSSR count). The van der Waals surface area contributed by atoms with Gasteiger partial charge in [0.25, 0.3) is 0 Å². The summed E-state index contributed by atoms with van der Waals surface area (Å²) in [6, 6.07) is 2.43. The topological polar surface area (TPSA) is 104 Å². The van der Waals surface area contributed by atoms with E-state index in [-0.39, 0.29) is 13.1 Å². The molecule has 1 aromatic carbocycles. The molecule has 2 amide bonds. The summed E-state index contributed by atoms with van der Waals surface area (Å²) in [5, 5.41) is 13.1. The minimum Gasteiger partial charge on any atom is -0.480 e. The first-order valence-corrected chi connectivity index (χ1v) is 5.86. The monoisotopic (exact) mass is 305 g/mol. The molecule has 9 heteroatoms. The van der Waals surface area contributed by atoms with Crippen LogP contribution in [0.4, 0.5) is 18.0 Å². The van der Waals surface area contributed by atoms with Gasteiger partial charge in [-0.2, -0.15) is 13.2 Å². The number of halogens is 3. The smallest absolute Gasteiger partial charge is 0.416 e. The lowest BCUT2D eigenvalue weighted by Crippen LogP contribution is -2.45. The van der Waals surface area contributed by atoms with Crippen LogP contribution in [0.25, 0.3) is 0 Å². The molecule has 5 N–H and O–H groups in total. The van der Waals surface area contributed by atoms with Crippen LogP contribution in [-0.2, 0) is 17.5 Å². The van der Waals surface area contributed by atoms with Crippen molar-refractivity contribution in [2.24, 2.45) is 5.73 Å². The van der Waals surface area contributed by atoms with Crippen LogP contribution in [0.15, 0.2) is 24.3 Å². The number of hydrogen-bond donors (Lipinski definition) is 4. The van der Waals surface area contributed by atoms with Gasteiger partial charge in [-0.25, -0.2) is 4.79 Å². The molecule has 0 aliphatic rings. The highest BCUT2D eigenvalue weighted by Crippen LogP contribution is 2.28. The van der Waals surface area contributed by atoms with Gasteiger partial charge in [0.1, 0.15) is 6.04 Å². The number of nitrogens with two attached hydrogens (primary N) is 1. The Bertz CT molecular complexity index is 503. The highest BCUT2D eigenvalue weighted by Gasteiger charge is 2.29. The zero-order valence-electron chi connectivity index (χ0n) is 10.8. The summed E-state index contributed by atoms with van der Waals surface area (Å²) in [5.41, 5.74) is 4.88. The fraction of sp³-hybridized carbons (Fsp3) is 0.333. The lowest BCUT2D eigenvalue weighted by molar-refractivity contribution is -0.138. The van der Waals surface area contributed by atoms with Gasteiger partial charge in [-0.3, -0.25) is 4.79 Å². The molecule has 0 aliphatic heterocycles. The first-order chi connectivity index (χ1) is 9.70. The molecule has 0 aromatic heterocycles. The molecule has 0 radical (unpaired) electrons. The number of nitrogens with one attached hydrogen (secondary N) is 2. The van der Waals surface area contributed by atoms with Gasteiger partial charge in [0, 0.05) is 13.1 Å². The van der Waals surface area contributed by atoms with Crippen molar-refractivity contribution in [2.75, 3.05) is 6.54 Å². The standard InChI is InChI=1S/C12H14F3N3O3/c13-12(14,15)8-3-1-7(2-4-8)5-17-11(21)18-6-9(16)10(19)20/h1-4,9H,5-6,16H2,(H,19,20)(H2,17,18,21)/t9-/m0/s1. The number of carbonyl (C=O) groups is 2. The minimum absolute atomic E-state index is 0.00623. The Kier molecular flexibility index (Phi) is 5.53. The summed E-state index contributed by atoms with van der Waals surface area (Å²) in [6.45, 7) is -0.250. The number of carboxylic acids is 1. The van der Waals surface area contributed by atoms with Gasteiger partial charge >= 0.3 is 18.2 Å². The van der Waals surface area contributed by atoms with Crippen LogP contribution in [0.1, 0.15) is 11.1 Å². The molecule has 1 aromatic rings. The maximum Gasteiger partial charge on any atom is 0.416 e. The average molecular weight is 305 g/mol. The first kappa shape index (κ1) is 16.8. The van der Waals surface area contributed by atoms with Crippen molar-refractivity contribution in [2.45, 2.75) is 18.8 Å². The van der Waals surface area contributed by atoms with Crippen molar-refractivity contribution in [3.05, 3.63) is 35.4 Å². The third-order valence-corrected chi connectivity index (χ3v) is 2.53. The van der Waals surface area contributed by atoms with Crippen LogP contribution in [-0.4, -0.2) is 29.7 Å². The van der Waals surface area contributed by atoms with E-state index < -0.39 is 29.8 Å². The average Bonchev–Trinajstić information content (AvgIpc) is 2.41. The van der Waals surface area contributed by atoms with E-state index in [1.54, 1.807) is 0 Å². The molecule has 0 heterocycles. The van der Waals surface area contributed by atoms with E-state index in [2.05, 4.69) is 10.6 Å². The minimum atomic E-state index is -4.41. The van der Waals surface area contributed by atoms with Gasteiger partial charge in [-0.05, 0) is 17.7 Å². The van der Waals surface area contributed by atoms with E-state index in [9.17, 15) is 22.8 Å². The highest BCUT2D eigenvalue weighted by molar-refractivity contribution is 5.77. The second kappa shape index (κ2) is 6.93. The van der Waals surface area contributed by atoms with Crippen molar-refractivity contribution >= 4 is 12.0 Å². The van der Waals surface area contributed by atoms with Crippen LogP contribution in [0.5, 0.6) is 0 Å². The second-order valence-electron chi connectivity index (χ2n) is 4.20. The van der Waals surface area contributed by atoms with Crippen LogP contribution >= 0.6 is 0 Å². The third-order valence-electron chi connectivity index (χ3n) is 2.53. The number of amides is 2. The van der Waals surface area contributed by atoms with Gasteiger partial charge < -0.3 is 21.5 Å². The fourth-order valence-electron chi connectivity index (χ4n) is 1.35. The van der Waals surface area contributed by atoms with Crippen molar-refractivity contribution in [3.8, 4) is 0 Å². The molecule has 0 fully saturated rings. The van der Waals surface area contributed by atoms with Crippen molar-refractivity contribution in [3.63, 3.8) is 0 Å². The van der Waals surface area contributed by atoms with Gasteiger partial charge in [0.2, 0.25) is 0 Å². The van der Waals surface area contributed by atoms with Crippen molar-refractivity contribution in [1.29, 1.82) is 0 Å². The Hall–Kier alpha value is -2.29. The number of carboxylic acid groups (broad SMARTS) is 1. The summed E-state index contributed by atoms with van der Waals surface area (Å²) in [4.78, 5) is 21.7. The highest BCUT2D eigenvalue weighted by atomic mass is 19.4. The molecule has 0 bridgehead atoms. The third kappa shape index (κ3) is 5.69. The summed E-state index contributed by atoms with van der Waals surface area (Å²) in [6.07, 6.45) is -4.41. The molecule has 6 nitrogen and oxygen atoms in total. The van der Waals surface area contributed by atoms with Crippen LogP contribution in [0.2, 0.25) is 0 Å². The normalized spacial score (nSPS) is 12.6. The van der Waals surface area contributed by atoms with E-state index in [4.69, 9.17) is 10.8 Å². The van der Waals surface area contributed by atoms with Gasteiger partial charge in [0.05, 0.1) is 5.56 Å². The Labute approximate surface area is 118 Å². The molecule has 21 heavy (non-hydrogen) atoms. The molecular formula is C12H14F3N3O3. The number of aliphatic carboxylic acids is 1. The molecule has 0 aliphatic carbocycles. The predicted molar refractivity (Wildman–Crippen MR) is 67.3 cm³/mol. The van der Waals surface area contributed by atoms with E-state index in [1.807, 2.05) is 0 Å². The van der Waals surface area contributed by atoms with E-state index in [1.165, 1.54) is 12.1 Å². The summed E-state index contributed by atoms with van der Waals surface area (Å²) in [5.74, 6) is -1.25. The van der Waals surface area contributed by atoms with Crippen LogP contribution in [0, 0.1) is 0 Å². The van der Waals surface area contributed by atoms with Gasteiger partial charge in [-0.1, -0.05) is 12.1 Å². The van der Waals surface area contributed by atoms with Crippen molar-refractivity contribution < 1.29 is 27.9 Å². The number of alkyl halides is 3. The van der Waals surface area contributed by atoms with E-state index >= 15 is 0 Å².